The largest absolute Gasteiger partial charge is 0.339 e. The van der Waals surface area contributed by atoms with Crippen molar-refractivity contribution < 1.29 is 9.32 Å². The highest BCUT2D eigenvalue weighted by Gasteiger charge is 2.10. The molecule has 7 heteroatoms. The predicted octanol–water partition coefficient (Wildman–Crippen LogP) is 3.75. The summed E-state index contributed by atoms with van der Waals surface area (Å²) in [5.41, 5.74) is 1.41. The maximum Gasteiger partial charge on any atom is 0.226 e. The molecule has 3 rings (SSSR count). The summed E-state index contributed by atoms with van der Waals surface area (Å²) in [6, 6.07) is 10.8. The van der Waals surface area contributed by atoms with E-state index in [2.05, 4.69) is 20.4 Å². The number of benzene rings is 1. The van der Waals surface area contributed by atoms with Gasteiger partial charge in [0.1, 0.15) is 0 Å². The van der Waals surface area contributed by atoms with Crippen LogP contribution in [0.1, 0.15) is 18.7 Å². The molecule has 6 nitrogen and oxygen atoms in total. The van der Waals surface area contributed by atoms with Crippen LogP contribution in [0, 0.1) is 0 Å². The number of carbonyl (C=O) groups is 1. The third-order valence-electron chi connectivity index (χ3n) is 3.33. The summed E-state index contributed by atoms with van der Waals surface area (Å²) in [6.07, 6.45) is 4.83. The van der Waals surface area contributed by atoms with Gasteiger partial charge in [-0.25, -0.2) is 0 Å². The van der Waals surface area contributed by atoms with Gasteiger partial charge in [-0.05, 0) is 30.7 Å². The molecular weight excluding hydrogens is 328 g/mol. The lowest BCUT2D eigenvalue weighted by molar-refractivity contribution is -0.116. The van der Waals surface area contributed by atoms with Crippen LogP contribution in [0.5, 0.6) is 0 Å². The zero-order valence-electron chi connectivity index (χ0n) is 12.8. The van der Waals surface area contributed by atoms with Crippen molar-refractivity contribution in [3.8, 4) is 11.4 Å². The lowest BCUT2D eigenvalue weighted by Crippen LogP contribution is -2.11. The highest BCUT2D eigenvalue weighted by Crippen LogP contribution is 2.21. The minimum absolute atomic E-state index is 0.102. The molecule has 122 valence electrons. The van der Waals surface area contributed by atoms with Crippen LogP contribution in [0.15, 0.2) is 53.3 Å². The first kappa shape index (κ1) is 16.1. The summed E-state index contributed by atoms with van der Waals surface area (Å²) >= 11 is 6.01. The molecule has 0 bridgehead atoms. The van der Waals surface area contributed by atoms with Crippen LogP contribution in [0.4, 0.5) is 5.69 Å². The van der Waals surface area contributed by atoms with Crippen molar-refractivity contribution in [2.45, 2.75) is 19.3 Å². The van der Waals surface area contributed by atoms with Gasteiger partial charge in [0.05, 0.1) is 10.7 Å². The van der Waals surface area contributed by atoms with Crippen LogP contribution in [0.3, 0.4) is 0 Å². The topological polar surface area (TPSA) is 80.9 Å². The Hall–Kier alpha value is -2.73. The number of aryl methyl sites for hydroxylation is 1. The molecule has 1 aromatic carbocycles. The molecule has 24 heavy (non-hydrogen) atoms. The molecule has 0 saturated carbocycles. The van der Waals surface area contributed by atoms with Crippen LogP contribution < -0.4 is 5.32 Å². The van der Waals surface area contributed by atoms with Crippen molar-refractivity contribution in [2.75, 3.05) is 5.32 Å². The number of halogens is 1. The Balaban J connectivity index is 1.49. The first-order chi connectivity index (χ1) is 11.7. The second-order valence-corrected chi connectivity index (χ2v) is 5.54. The van der Waals surface area contributed by atoms with Crippen molar-refractivity contribution in [3.05, 3.63) is 59.7 Å². The Kier molecular flexibility index (Phi) is 5.18. The van der Waals surface area contributed by atoms with Crippen LogP contribution in [-0.2, 0) is 11.2 Å². The second kappa shape index (κ2) is 7.70. The van der Waals surface area contributed by atoms with E-state index in [-0.39, 0.29) is 5.91 Å². The fraction of sp³-hybridized carbons (Fsp3) is 0.176. The highest BCUT2D eigenvalue weighted by atomic mass is 35.5. The number of pyridine rings is 1. The van der Waals surface area contributed by atoms with Crippen LogP contribution >= 0.6 is 11.6 Å². The lowest BCUT2D eigenvalue weighted by Gasteiger charge is -2.06. The summed E-state index contributed by atoms with van der Waals surface area (Å²) in [6.45, 7) is 0. The van der Waals surface area contributed by atoms with Gasteiger partial charge in [0.15, 0.2) is 0 Å². The first-order valence-corrected chi connectivity index (χ1v) is 7.87. The van der Waals surface area contributed by atoms with Crippen molar-refractivity contribution in [1.29, 1.82) is 0 Å². The van der Waals surface area contributed by atoms with Crippen LogP contribution in [0.25, 0.3) is 11.4 Å². The lowest BCUT2D eigenvalue weighted by atomic mass is 10.2. The molecule has 1 N–H and O–H groups in total. The molecule has 0 unspecified atom stereocenters. The molecule has 0 radical (unpaired) electrons. The fourth-order valence-electron chi connectivity index (χ4n) is 2.14. The van der Waals surface area contributed by atoms with E-state index in [4.69, 9.17) is 16.1 Å². The number of anilines is 1. The molecule has 0 aliphatic rings. The van der Waals surface area contributed by atoms with Crippen molar-refractivity contribution in [3.63, 3.8) is 0 Å². The van der Waals surface area contributed by atoms with Gasteiger partial charge in [-0.15, -0.1) is 0 Å². The quantitative estimate of drug-likeness (QED) is 0.737. The third kappa shape index (κ3) is 4.17. The van der Waals surface area contributed by atoms with Gasteiger partial charge in [-0.3, -0.25) is 9.78 Å². The zero-order valence-corrected chi connectivity index (χ0v) is 13.5. The molecule has 2 aromatic heterocycles. The minimum atomic E-state index is -0.102. The molecule has 0 aliphatic carbocycles. The predicted molar refractivity (Wildman–Crippen MR) is 90.5 cm³/mol. The molecule has 2 heterocycles. The van der Waals surface area contributed by atoms with Gasteiger partial charge < -0.3 is 9.84 Å². The van der Waals surface area contributed by atoms with E-state index in [0.717, 1.165) is 5.56 Å². The second-order valence-electron chi connectivity index (χ2n) is 5.13. The van der Waals surface area contributed by atoms with Gasteiger partial charge in [0.2, 0.25) is 17.6 Å². The SMILES string of the molecule is O=C(CCCc1nc(-c2cccnc2)no1)Nc1ccccc1Cl. The smallest absolute Gasteiger partial charge is 0.226 e. The number of nitrogens with one attached hydrogen (secondary N) is 1. The monoisotopic (exact) mass is 342 g/mol. The number of aromatic nitrogens is 3. The number of carbonyl (C=O) groups excluding carboxylic acids is 1. The minimum Gasteiger partial charge on any atom is -0.339 e. The molecule has 0 saturated heterocycles. The van der Waals surface area contributed by atoms with Gasteiger partial charge in [-0.1, -0.05) is 28.9 Å². The normalized spacial score (nSPS) is 10.5. The maximum absolute atomic E-state index is 11.9. The van der Waals surface area contributed by atoms with Crippen molar-refractivity contribution in [2.24, 2.45) is 0 Å². The van der Waals surface area contributed by atoms with Gasteiger partial charge >= 0.3 is 0 Å². The Bertz CT molecular complexity index is 820. The van der Waals surface area contributed by atoms with Gasteiger partial charge in [0, 0.05) is 30.8 Å². The summed E-state index contributed by atoms with van der Waals surface area (Å²) in [7, 11) is 0. The number of rotatable bonds is 6. The summed E-state index contributed by atoms with van der Waals surface area (Å²) in [5, 5.41) is 7.22. The first-order valence-electron chi connectivity index (χ1n) is 7.50. The number of hydrogen-bond acceptors (Lipinski definition) is 5. The standard InChI is InChI=1S/C17H15ClN4O2/c18-13-6-1-2-7-14(13)20-15(23)8-3-9-16-21-17(22-24-16)12-5-4-10-19-11-12/h1-2,4-7,10-11H,3,8-9H2,(H,20,23). The summed E-state index contributed by atoms with van der Waals surface area (Å²) < 4.78 is 5.20. The Morgan fingerprint density at radius 3 is 2.88 bits per heavy atom. The third-order valence-corrected chi connectivity index (χ3v) is 3.66. The van der Waals surface area contributed by atoms with E-state index in [1.165, 1.54) is 0 Å². The van der Waals surface area contributed by atoms with E-state index >= 15 is 0 Å². The summed E-state index contributed by atoms with van der Waals surface area (Å²) in [5.74, 6) is 0.896. The molecule has 0 atom stereocenters. The van der Waals surface area contributed by atoms with Crippen LogP contribution in [-0.4, -0.2) is 21.0 Å². The van der Waals surface area contributed by atoms with Gasteiger partial charge in [0.25, 0.3) is 0 Å². The zero-order chi connectivity index (χ0) is 16.8. The molecule has 0 fully saturated rings. The van der Waals surface area contributed by atoms with E-state index in [9.17, 15) is 4.79 Å². The summed E-state index contributed by atoms with van der Waals surface area (Å²) in [4.78, 5) is 20.3. The fourth-order valence-corrected chi connectivity index (χ4v) is 2.33. The van der Waals surface area contributed by atoms with E-state index in [0.29, 0.717) is 41.7 Å². The molecule has 3 aromatic rings. The van der Waals surface area contributed by atoms with Crippen molar-refractivity contribution in [1.82, 2.24) is 15.1 Å². The van der Waals surface area contributed by atoms with E-state index < -0.39 is 0 Å². The highest BCUT2D eigenvalue weighted by molar-refractivity contribution is 6.33. The van der Waals surface area contributed by atoms with Crippen molar-refractivity contribution >= 4 is 23.2 Å². The number of hydrogen-bond donors (Lipinski definition) is 1. The van der Waals surface area contributed by atoms with Gasteiger partial charge in [-0.2, -0.15) is 4.98 Å². The molecule has 0 spiro atoms. The molecule has 0 aliphatic heterocycles. The number of amides is 1. The Morgan fingerprint density at radius 1 is 1.21 bits per heavy atom. The van der Waals surface area contributed by atoms with Crippen LogP contribution in [0.2, 0.25) is 5.02 Å². The van der Waals surface area contributed by atoms with E-state index in [1.807, 2.05) is 24.3 Å². The number of nitrogens with zero attached hydrogens (tertiary/aromatic N) is 3. The molecular formula is C17H15ClN4O2. The average Bonchev–Trinajstić information content (AvgIpc) is 3.07. The maximum atomic E-state index is 11.9. The average molecular weight is 343 g/mol. The Labute approximate surface area is 143 Å². The Morgan fingerprint density at radius 2 is 2.08 bits per heavy atom. The molecule has 1 amide bonds. The number of para-hydroxylation sites is 1. The van der Waals surface area contributed by atoms with E-state index in [1.54, 1.807) is 24.5 Å².